The number of ether oxygens (including phenoxy) is 1. The standard InChI is InChI=1S/C13H16F3N3O2/c14-13(15,16)8-21-7-6-19-12(20)9-2-1-3-10-11(9)18-5-4-17-10/h1-3,17-18H,4-8H2,(H,19,20). The number of halogens is 3. The molecule has 0 aromatic heterocycles. The molecule has 0 atom stereocenters. The molecule has 1 aromatic carbocycles. The molecule has 21 heavy (non-hydrogen) atoms. The van der Waals surface area contributed by atoms with Crippen molar-refractivity contribution in [2.24, 2.45) is 0 Å². The molecule has 1 amide bonds. The SMILES string of the molecule is O=C(NCCOCC(F)(F)F)c1cccc2c1NCCN2. The largest absolute Gasteiger partial charge is 0.411 e. The number of carbonyl (C=O) groups excluding carboxylic acids is 1. The highest BCUT2D eigenvalue weighted by Crippen LogP contribution is 2.28. The Balaban J connectivity index is 1.84. The second-order valence-corrected chi connectivity index (χ2v) is 4.51. The number of fused-ring (bicyclic) bond motifs is 1. The van der Waals surface area contributed by atoms with Gasteiger partial charge in [-0.25, -0.2) is 0 Å². The molecule has 1 heterocycles. The summed E-state index contributed by atoms with van der Waals surface area (Å²) in [7, 11) is 0. The van der Waals surface area contributed by atoms with E-state index in [2.05, 4.69) is 20.7 Å². The third-order valence-electron chi connectivity index (χ3n) is 2.85. The fourth-order valence-electron chi connectivity index (χ4n) is 1.98. The Morgan fingerprint density at radius 2 is 2.05 bits per heavy atom. The van der Waals surface area contributed by atoms with Crippen molar-refractivity contribution >= 4 is 17.3 Å². The molecule has 1 aliphatic heterocycles. The highest BCUT2D eigenvalue weighted by molar-refractivity contribution is 6.02. The Bertz CT molecular complexity index is 506. The summed E-state index contributed by atoms with van der Waals surface area (Å²) >= 11 is 0. The quantitative estimate of drug-likeness (QED) is 0.726. The summed E-state index contributed by atoms with van der Waals surface area (Å²) in [5, 5.41) is 8.83. The van der Waals surface area contributed by atoms with Gasteiger partial charge in [0.2, 0.25) is 0 Å². The van der Waals surface area contributed by atoms with E-state index in [1.54, 1.807) is 12.1 Å². The second kappa shape index (κ2) is 6.66. The molecule has 0 fully saturated rings. The van der Waals surface area contributed by atoms with E-state index in [9.17, 15) is 18.0 Å². The van der Waals surface area contributed by atoms with E-state index in [4.69, 9.17) is 0 Å². The van der Waals surface area contributed by atoms with Crippen molar-refractivity contribution in [2.75, 3.05) is 43.5 Å². The maximum atomic E-state index is 12.0. The van der Waals surface area contributed by atoms with E-state index in [0.29, 0.717) is 17.8 Å². The summed E-state index contributed by atoms with van der Waals surface area (Å²) in [6, 6.07) is 5.25. The molecular weight excluding hydrogens is 287 g/mol. The van der Waals surface area contributed by atoms with Gasteiger partial charge in [-0.15, -0.1) is 0 Å². The number of hydrogen-bond donors (Lipinski definition) is 3. The van der Waals surface area contributed by atoms with Crippen LogP contribution in [0.2, 0.25) is 0 Å². The summed E-state index contributed by atoms with van der Waals surface area (Å²) < 4.78 is 40.0. The Hall–Kier alpha value is -1.96. The van der Waals surface area contributed by atoms with Gasteiger partial charge in [-0.1, -0.05) is 6.07 Å². The predicted octanol–water partition coefficient (Wildman–Crippen LogP) is 1.83. The number of para-hydroxylation sites is 1. The molecule has 0 saturated heterocycles. The Kier molecular flexibility index (Phi) is 4.89. The summed E-state index contributed by atoms with van der Waals surface area (Å²) in [6.07, 6.45) is -4.35. The lowest BCUT2D eigenvalue weighted by molar-refractivity contribution is -0.173. The minimum Gasteiger partial charge on any atom is -0.382 e. The minimum atomic E-state index is -4.35. The van der Waals surface area contributed by atoms with Gasteiger partial charge >= 0.3 is 6.18 Å². The van der Waals surface area contributed by atoms with Crippen LogP contribution in [0.25, 0.3) is 0 Å². The zero-order valence-corrected chi connectivity index (χ0v) is 11.2. The molecule has 0 bridgehead atoms. The average molecular weight is 303 g/mol. The predicted molar refractivity (Wildman–Crippen MR) is 72.6 cm³/mol. The van der Waals surface area contributed by atoms with Crippen LogP contribution in [0.4, 0.5) is 24.5 Å². The molecule has 0 unspecified atom stereocenters. The maximum absolute atomic E-state index is 12.0. The van der Waals surface area contributed by atoms with Crippen molar-refractivity contribution < 1.29 is 22.7 Å². The third-order valence-corrected chi connectivity index (χ3v) is 2.85. The van der Waals surface area contributed by atoms with Crippen molar-refractivity contribution in [3.8, 4) is 0 Å². The number of nitrogens with one attached hydrogen (secondary N) is 3. The molecule has 0 spiro atoms. The maximum Gasteiger partial charge on any atom is 0.411 e. The molecule has 1 aromatic rings. The molecule has 8 heteroatoms. The molecule has 116 valence electrons. The zero-order valence-electron chi connectivity index (χ0n) is 11.2. The van der Waals surface area contributed by atoms with Gasteiger partial charge in [0, 0.05) is 19.6 Å². The van der Waals surface area contributed by atoms with Gasteiger partial charge in [0.1, 0.15) is 6.61 Å². The first-order valence-corrected chi connectivity index (χ1v) is 6.51. The first-order chi connectivity index (χ1) is 9.97. The first-order valence-electron chi connectivity index (χ1n) is 6.51. The van der Waals surface area contributed by atoms with E-state index in [0.717, 1.165) is 12.2 Å². The van der Waals surface area contributed by atoms with E-state index < -0.39 is 12.8 Å². The van der Waals surface area contributed by atoms with E-state index >= 15 is 0 Å². The van der Waals surface area contributed by atoms with Gasteiger partial charge in [-0.3, -0.25) is 4.79 Å². The fourth-order valence-corrected chi connectivity index (χ4v) is 1.98. The smallest absolute Gasteiger partial charge is 0.382 e. The first kappa shape index (κ1) is 15.4. The fraction of sp³-hybridized carbons (Fsp3) is 0.462. The number of carbonyl (C=O) groups is 1. The van der Waals surface area contributed by atoms with Gasteiger partial charge in [0.05, 0.1) is 23.5 Å². The molecule has 0 aliphatic carbocycles. The normalized spacial score (nSPS) is 13.9. The van der Waals surface area contributed by atoms with Crippen LogP contribution in [0.15, 0.2) is 18.2 Å². The third kappa shape index (κ3) is 4.52. The van der Waals surface area contributed by atoms with Crippen LogP contribution in [-0.4, -0.2) is 44.9 Å². The molecular formula is C13H16F3N3O2. The van der Waals surface area contributed by atoms with Gasteiger partial charge < -0.3 is 20.7 Å². The summed E-state index contributed by atoms with van der Waals surface area (Å²) in [4.78, 5) is 12.0. The van der Waals surface area contributed by atoms with Crippen LogP contribution in [0.5, 0.6) is 0 Å². The number of rotatable bonds is 5. The Labute approximate surface area is 119 Å². The molecule has 1 aliphatic rings. The molecule has 2 rings (SSSR count). The van der Waals surface area contributed by atoms with Crippen LogP contribution in [0, 0.1) is 0 Å². The Morgan fingerprint density at radius 3 is 2.81 bits per heavy atom. The molecule has 0 radical (unpaired) electrons. The van der Waals surface area contributed by atoms with Crippen LogP contribution in [0.1, 0.15) is 10.4 Å². The topological polar surface area (TPSA) is 62.4 Å². The van der Waals surface area contributed by atoms with Crippen molar-refractivity contribution in [2.45, 2.75) is 6.18 Å². The van der Waals surface area contributed by atoms with Crippen LogP contribution >= 0.6 is 0 Å². The van der Waals surface area contributed by atoms with E-state index in [1.165, 1.54) is 0 Å². The number of anilines is 2. The number of hydrogen-bond acceptors (Lipinski definition) is 4. The van der Waals surface area contributed by atoms with Gasteiger partial charge in [0.25, 0.3) is 5.91 Å². The zero-order chi connectivity index (χ0) is 15.3. The van der Waals surface area contributed by atoms with Gasteiger partial charge in [0.15, 0.2) is 0 Å². The van der Waals surface area contributed by atoms with Crippen LogP contribution in [0.3, 0.4) is 0 Å². The van der Waals surface area contributed by atoms with Crippen LogP contribution in [-0.2, 0) is 4.74 Å². The number of alkyl halides is 3. The molecule has 5 nitrogen and oxygen atoms in total. The van der Waals surface area contributed by atoms with Crippen LogP contribution < -0.4 is 16.0 Å². The van der Waals surface area contributed by atoms with Gasteiger partial charge in [-0.05, 0) is 12.1 Å². The van der Waals surface area contributed by atoms with E-state index in [1.807, 2.05) is 6.07 Å². The summed E-state index contributed by atoms with van der Waals surface area (Å²) in [5.74, 6) is -0.348. The number of benzene rings is 1. The van der Waals surface area contributed by atoms with Crippen molar-refractivity contribution in [3.05, 3.63) is 23.8 Å². The van der Waals surface area contributed by atoms with E-state index in [-0.39, 0.29) is 19.1 Å². The Morgan fingerprint density at radius 1 is 1.29 bits per heavy atom. The molecule has 0 saturated carbocycles. The second-order valence-electron chi connectivity index (χ2n) is 4.51. The lowest BCUT2D eigenvalue weighted by Crippen LogP contribution is -2.30. The minimum absolute atomic E-state index is 0.0199. The molecule has 3 N–H and O–H groups in total. The lowest BCUT2D eigenvalue weighted by Gasteiger charge is -2.22. The lowest BCUT2D eigenvalue weighted by atomic mass is 10.1. The summed E-state index contributed by atoms with van der Waals surface area (Å²) in [6.45, 7) is -0.0115. The highest BCUT2D eigenvalue weighted by Gasteiger charge is 2.27. The average Bonchev–Trinajstić information content (AvgIpc) is 2.45. The van der Waals surface area contributed by atoms with Crippen molar-refractivity contribution in [3.63, 3.8) is 0 Å². The number of amides is 1. The van der Waals surface area contributed by atoms with Gasteiger partial charge in [-0.2, -0.15) is 13.2 Å². The monoisotopic (exact) mass is 303 g/mol. The van der Waals surface area contributed by atoms with Crippen molar-refractivity contribution in [1.82, 2.24) is 5.32 Å². The summed E-state index contributed by atoms with van der Waals surface area (Å²) in [5.41, 5.74) is 2.00. The highest BCUT2D eigenvalue weighted by atomic mass is 19.4. The van der Waals surface area contributed by atoms with Crippen molar-refractivity contribution in [1.29, 1.82) is 0 Å².